The molecule has 0 unspecified atom stereocenters. The first-order valence-corrected chi connectivity index (χ1v) is 17.7. The van der Waals surface area contributed by atoms with Crippen molar-refractivity contribution >= 4 is 12.2 Å². The van der Waals surface area contributed by atoms with E-state index in [0.29, 0.717) is 35.8 Å². The Morgan fingerprint density at radius 2 is 0.870 bits per heavy atom. The Balaban J connectivity index is 1.86. The summed E-state index contributed by atoms with van der Waals surface area (Å²) in [4.78, 5) is 0. The van der Waals surface area contributed by atoms with Gasteiger partial charge >= 0.3 is 0 Å². The molecule has 0 aliphatic carbocycles. The molecule has 0 aliphatic rings. The predicted octanol–water partition coefficient (Wildman–Crippen LogP) is 11.4. The number of hydrogen-bond donors (Lipinski definition) is 2. The van der Waals surface area contributed by atoms with Crippen LogP contribution in [-0.2, 0) is 0 Å². The molecule has 0 saturated heterocycles. The highest BCUT2D eigenvalue weighted by molar-refractivity contribution is 5.77. The van der Waals surface area contributed by atoms with Crippen LogP contribution in [0.5, 0.6) is 23.0 Å². The van der Waals surface area contributed by atoms with Crippen molar-refractivity contribution < 1.29 is 19.7 Å². The first-order chi connectivity index (χ1) is 22.5. The molecule has 6 nitrogen and oxygen atoms in total. The lowest BCUT2D eigenvalue weighted by Crippen LogP contribution is -1.97. The highest BCUT2D eigenvalue weighted by Gasteiger charge is 2.10. The van der Waals surface area contributed by atoms with Gasteiger partial charge in [-0.2, -0.15) is 10.5 Å². The molecule has 0 aromatic heterocycles. The van der Waals surface area contributed by atoms with Gasteiger partial charge in [0.15, 0.2) is 0 Å². The van der Waals surface area contributed by atoms with E-state index in [1.54, 1.807) is 24.3 Å². The molecule has 2 rings (SSSR count). The molecule has 0 atom stereocenters. The van der Waals surface area contributed by atoms with E-state index in [1.807, 2.05) is 0 Å². The van der Waals surface area contributed by atoms with Crippen molar-refractivity contribution in [2.75, 3.05) is 13.2 Å². The zero-order chi connectivity index (χ0) is 33.2. The first-order valence-electron chi connectivity index (χ1n) is 17.7. The topological polar surface area (TPSA) is 106 Å². The molecule has 2 aromatic rings. The molecule has 46 heavy (non-hydrogen) atoms. The largest absolute Gasteiger partial charge is 0.507 e. The van der Waals surface area contributed by atoms with Crippen molar-refractivity contribution in [2.45, 2.75) is 129 Å². The van der Waals surface area contributed by atoms with E-state index in [2.05, 4.69) is 26.0 Å². The lowest BCUT2D eigenvalue weighted by atomic mass is 10.0. The van der Waals surface area contributed by atoms with Gasteiger partial charge in [0.1, 0.15) is 35.1 Å². The number of phenolic OH excluding ortho intramolecular Hbond substituents is 2. The Morgan fingerprint density at radius 1 is 0.543 bits per heavy atom. The second kappa shape index (κ2) is 24.3. The van der Waals surface area contributed by atoms with Crippen LogP contribution in [0.1, 0.15) is 141 Å². The lowest BCUT2D eigenvalue weighted by molar-refractivity contribution is 0.302. The molecule has 0 spiro atoms. The molecule has 0 radical (unpaired) electrons. The highest BCUT2D eigenvalue weighted by atomic mass is 16.5. The molecule has 0 aliphatic heterocycles. The lowest BCUT2D eigenvalue weighted by Gasteiger charge is -2.09. The van der Waals surface area contributed by atoms with Crippen LogP contribution < -0.4 is 9.47 Å². The van der Waals surface area contributed by atoms with Gasteiger partial charge in [0.2, 0.25) is 0 Å². The van der Waals surface area contributed by atoms with Crippen molar-refractivity contribution in [3.8, 4) is 35.1 Å². The third-order valence-corrected chi connectivity index (χ3v) is 8.17. The second-order valence-corrected chi connectivity index (χ2v) is 12.1. The first kappa shape index (κ1) is 38.3. The van der Waals surface area contributed by atoms with Gasteiger partial charge in [0.25, 0.3) is 0 Å². The standard InChI is InChI=1S/C40H56N2O4/c1-3-5-7-9-11-13-15-17-19-25-45-37-23-21-33(39(43)29-37)27-35(31-41)36(32-42)28-34-22-24-38(30-40(34)44)46-26-20-18-16-14-12-10-8-6-4-2/h21-24,27-30,43-44H,3-20,25-26H2,1-2H3/b35-27-,36-28+. The smallest absolute Gasteiger partial charge is 0.126 e. The zero-order valence-electron chi connectivity index (χ0n) is 28.4. The molecule has 0 heterocycles. The summed E-state index contributed by atoms with van der Waals surface area (Å²) < 4.78 is 11.6. The van der Waals surface area contributed by atoms with Gasteiger partial charge in [-0.3, -0.25) is 0 Å². The molecule has 2 aromatic carbocycles. The van der Waals surface area contributed by atoms with Gasteiger partial charge in [0.05, 0.1) is 24.4 Å². The van der Waals surface area contributed by atoms with Gasteiger partial charge in [-0.15, -0.1) is 0 Å². The second-order valence-electron chi connectivity index (χ2n) is 12.1. The fourth-order valence-electron chi connectivity index (χ4n) is 5.33. The number of benzene rings is 2. The van der Waals surface area contributed by atoms with Crippen molar-refractivity contribution in [2.24, 2.45) is 0 Å². The number of allylic oxidation sites excluding steroid dienone is 2. The molecular formula is C40H56N2O4. The van der Waals surface area contributed by atoms with E-state index in [4.69, 9.17) is 9.47 Å². The minimum absolute atomic E-state index is 0.0362. The van der Waals surface area contributed by atoms with Crippen molar-refractivity contribution in [1.82, 2.24) is 0 Å². The van der Waals surface area contributed by atoms with Crippen LogP contribution in [0.4, 0.5) is 0 Å². The van der Waals surface area contributed by atoms with E-state index in [9.17, 15) is 20.7 Å². The van der Waals surface area contributed by atoms with E-state index < -0.39 is 0 Å². The number of phenols is 2. The van der Waals surface area contributed by atoms with Gasteiger partial charge in [0, 0.05) is 23.3 Å². The number of nitriles is 2. The maximum absolute atomic E-state index is 10.6. The molecular weight excluding hydrogens is 572 g/mol. The maximum Gasteiger partial charge on any atom is 0.126 e. The molecule has 0 bridgehead atoms. The number of rotatable bonds is 25. The van der Waals surface area contributed by atoms with Gasteiger partial charge in [-0.1, -0.05) is 117 Å². The van der Waals surface area contributed by atoms with Gasteiger partial charge in [-0.05, 0) is 49.3 Å². The minimum Gasteiger partial charge on any atom is -0.507 e. The maximum atomic E-state index is 10.6. The Morgan fingerprint density at radius 3 is 1.17 bits per heavy atom. The molecule has 2 N–H and O–H groups in total. The van der Waals surface area contributed by atoms with Crippen LogP contribution >= 0.6 is 0 Å². The van der Waals surface area contributed by atoms with Crippen LogP contribution in [0.25, 0.3) is 12.2 Å². The SMILES string of the molecule is CCCCCCCCCCCOc1ccc(/C=C(C#N)/C(C#N)=C\c2ccc(OCCCCCCCCCCC)cc2O)c(O)c1. The normalized spacial score (nSPS) is 11.7. The fraction of sp³-hybridized carbons (Fsp3) is 0.550. The van der Waals surface area contributed by atoms with E-state index >= 15 is 0 Å². The van der Waals surface area contributed by atoms with Crippen molar-refractivity contribution in [3.05, 3.63) is 58.7 Å². The van der Waals surface area contributed by atoms with Gasteiger partial charge in [-0.25, -0.2) is 0 Å². The summed E-state index contributed by atoms with van der Waals surface area (Å²) in [7, 11) is 0. The number of unbranched alkanes of at least 4 members (excludes halogenated alkanes) is 16. The van der Waals surface area contributed by atoms with Crippen LogP contribution in [0.15, 0.2) is 47.5 Å². The average molecular weight is 629 g/mol. The molecule has 0 amide bonds. The average Bonchev–Trinajstić information content (AvgIpc) is 3.06. The highest BCUT2D eigenvalue weighted by Crippen LogP contribution is 2.30. The van der Waals surface area contributed by atoms with E-state index in [1.165, 1.54) is 114 Å². The summed E-state index contributed by atoms with van der Waals surface area (Å²) in [6.45, 7) is 5.64. The molecule has 0 saturated carbocycles. The summed E-state index contributed by atoms with van der Waals surface area (Å²) in [5.41, 5.74) is 0.952. The van der Waals surface area contributed by atoms with Crippen molar-refractivity contribution in [3.63, 3.8) is 0 Å². The van der Waals surface area contributed by atoms with Crippen LogP contribution in [0, 0.1) is 22.7 Å². The Bertz CT molecular complexity index is 1190. The number of ether oxygens (including phenoxy) is 2. The fourth-order valence-corrected chi connectivity index (χ4v) is 5.33. The number of nitrogens with zero attached hydrogens (tertiary/aromatic N) is 2. The number of aromatic hydroxyl groups is 2. The number of hydrogen-bond acceptors (Lipinski definition) is 6. The predicted molar refractivity (Wildman–Crippen MR) is 189 cm³/mol. The van der Waals surface area contributed by atoms with Crippen LogP contribution in [0.2, 0.25) is 0 Å². The Hall–Kier alpha value is -3.90. The Labute approximate surface area is 278 Å². The summed E-state index contributed by atoms with van der Waals surface area (Å²) >= 11 is 0. The minimum atomic E-state index is -0.0362. The van der Waals surface area contributed by atoms with Gasteiger partial charge < -0.3 is 19.7 Å². The van der Waals surface area contributed by atoms with Crippen LogP contribution in [-0.4, -0.2) is 23.4 Å². The molecule has 250 valence electrons. The molecule has 6 heteroatoms. The van der Waals surface area contributed by atoms with Crippen LogP contribution in [0.3, 0.4) is 0 Å². The summed E-state index contributed by atoms with van der Waals surface area (Å²) in [6, 6.07) is 14.0. The van der Waals surface area contributed by atoms with E-state index in [-0.39, 0.29) is 22.6 Å². The third kappa shape index (κ3) is 15.9. The molecule has 0 fully saturated rings. The summed E-state index contributed by atoms with van der Waals surface area (Å²) in [5.74, 6) is 1.06. The third-order valence-electron chi connectivity index (χ3n) is 8.17. The zero-order valence-corrected chi connectivity index (χ0v) is 28.4. The quantitative estimate of drug-likeness (QED) is 0.0643. The van der Waals surface area contributed by atoms with Crippen molar-refractivity contribution in [1.29, 1.82) is 10.5 Å². The summed E-state index contributed by atoms with van der Waals surface area (Å²) in [6.07, 6.45) is 25.2. The monoisotopic (exact) mass is 628 g/mol. The summed E-state index contributed by atoms with van der Waals surface area (Å²) in [5, 5.41) is 40.8. The van der Waals surface area contributed by atoms with E-state index in [0.717, 1.165) is 25.7 Å². The Kier molecular flexibility index (Phi) is 20.3.